The van der Waals surface area contributed by atoms with Gasteiger partial charge in [0.25, 0.3) is 0 Å². The van der Waals surface area contributed by atoms with E-state index in [1.165, 1.54) is 6.92 Å². The normalized spacial score (nSPS) is 12.2. The third-order valence-electron chi connectivity index (χ3n) is 1.95. The number of nitriles is 1. The molecule has 0 rings (SSSR count). The summed E-state index contributed by atoms with van der Waals surface area (Å²) in [6.07, 6.45) is 0.631. The number of carbonyl (C=O) groups excluding carboxylic acids is 2. The summed E-state index contributed by atoms with van der Waals surface area (Å²) in [6.45, 7) is 4.94. The minimum Gasteiger partial charge on any atom is -0.299 e. The van der Waals surface area contributed by atoms with Crippen molar-refractivity contribution in [3.63, 3.8) is 0 Å². The van der Waals surface area contributed by atoms with Crippen LogP contribution in [0.5, 0.6) is 0 Å². The number of ketones is 2. The second-order valence-corrected chi connectivity index (χ2v) is 3.42. The van der Waals surface area contributed by atoms with Crippen molar-refractivity contribution < 1.29 is 9.59 Å². The average molecular weight is 181 g/mol. The molecule has 3 heteroatoms. The van der Waals surface area contributed by atoms with Crippen LogP contribution in [-0.4, -0.2) is 11.6 Å². The van der Waals surface area contributed by atoms with Gasteiger partial charge < -0.3 is 0 Å². The molecular weight excluding hydrogens is 166 g/mol. The molecule has 0 aromatic rings. The molecule has 72 valence electrons. The zero-order valence-corrected chi connectivity index (χ0v) is 8.33. The molecule has 0 aliphatic rings. The molecule has 0 spiro atoms. The first-order valence-electron chi connectivity index (χ1n) is 4.41. The first-order chi connectivity index (χ1) is 6.00. The van der Waals surface area contributed by atoms with Crippen molar-refractivity contribution in [2.24, 2.45) is 11.8 Å². The zero-order valence-electron chi connectivity index (χ0n) is 8.33. The summed E-state index contributed by atoms with van der Waals surface area (Å²) in [5.41, 5.74) is 0. The predicted molar refractivity (Wildman–Crippen MR) is 48.9 cm³/mol. The summed E-state index contributed by atoms with van der Waals surface area (Å²) < 4.78 is 0. The van der Waals surface area contributed by atoms with Crippen molar-refractivity contribution >= 4 is 11.6 Å². The van der Waals surface area contributed by atoms with E-state index in [-0.39, 0.29) is 23.9 Å². The van der Waals surface area contributed by atoms with Gasteiger partial charge in [0.1, 0.15) is 11.6 Å². The number of Topliss-reactive ketones (excluding diaryl/α,β-unsaturated/α-hetero) is 2. The van der Waals surface area contributed by atoms with E-state index >= 15 is 0 Å². The molecule has 0 aromatic carbocycles. The molecule has 1 unspecified atom stereocenters. The molecular formula is C10H15NO2. The highest BCUT2D eigenvalue weighted by molar-refractivity contribution is 6.02. The molecule has 0 aliphatic carbocycles. The quantitative estimate of drug-likeness (QED) is 0.607. The van der Waals surface area contributed by atoms with Crippen LogP contribution in [0.4, 0.5) is 0 Å². The molecule has 0 saturated carbocycles. The SMILES string of the molecule is CC(=O)C(CCC#N)C(=O)C(C)C. The van der Waals surface area contributed by atoms with Crippen LogP contribution in [0.3, 0.4) is 0 Å². The van der Waals surface area contributed by atoms with Crippen LogP contribution in [0.25, 0.3) is 0 Å². The molecule has 3 nitrogen and oxygen atoms in total. The van der Waals surface area contributed by atoms with Crippen LogP contribution in [0.15, 0.2) is 0 Å². The summed E-state index contributed by atoms with van der Waals surface area (Å²) in [6, 6.07) is 1.94. The second kappa shape index (κ2) is 5.47. The number of carbonyl (C=O) groups is 2. The van der Waals surface area contributed by atoms with Crippen molar-refractivity contribution in [3.8, 4) is 6.07 Å². The van der Waals surface area contributed by atoms with Crippen molar-refractivity contribution in [3.05, 3.63) is 0 Å². The first kappa shape index (κ1) is 11.8. The molecule has 0 aromatic heterocycles. The highest BCUT2D eigenvalue weighted by Gasteiger charge is 2.24. The molecule has 0 amide bonds. The Balaban J connectivity index is 4.35. The van der Waals surface area contributed by atoms with E-state index in [9.17, 15) is 9.59 Å². The average Bonchev–Trinajstić information content (AvgIpc) is 2.04. The van der Waals surface area contributed by atoms with E-state index in [0.717, 1.165) is 0 Å². The summed E-state index contributed by atoms with van der Waals surface area (Å²) in [4.78, 5) is 22.5. The molecule has 1 atom stereocenters. The fourth-order valence-corrected chi connectivity index (χ4v) is 1.16. The van der Waals surface area contributed by atoms with Crippen molar-refractivity contribution in [2.45, 2.75) is 33.6 Å². The number of hydrogen-bond acceptors (Lipinski definition) is 3. The molecule has 0 bridgehead atoms. The Kier molecular flexibility index (Phi) is 4.98. The maximum Gasteiger partial charge on any atom is 0.145 e. The van der Waals surface area contributed by atoms with Gasteiger partial charge in [-0.25, -0.2) is 0 Å². The lowest BCUT2D eigenvalue weighted by Gasteiger charge is -2.12. The Morgan fingerprint density at radius 1 is 1.38 bits per heavy atom. The number of nitrogens with zero attached hydrogens (tertiary/aromatic N) is 1. The number of hydrogen-bond donors (Lipinski definition) is 0. The highest BCUT2D eigenvalue weighted by Crippen LogP contribution is 2.14. The first-order valence-corrected chi connectivity index (χ1v) is 4.41. The second-order valence-electron chi connectivity index (χ2n) is 3.42. The Morgan fingerprint density at radius 2 is 1.92 bits per heavy atom. The third kappa shape index (κ3) is 3.84. The Morgan fingerprint density at radius 3 is 2.23 bits per heavy atom. The molecule has 0 radical (unpaired) electrons. The summed E-state index contributed by atoms with van der Waals surface area (Å²) in [5, 5.41) is 8.34. The van der Waals surface area contributed by atoms with Gasteiger partial charge in [-0.15, -0.1) is 0 Å². The van der Waals surface area contributed by atoms with Crippen LogP contribution in [0.2, 0.25) is 0 Å². The van der Waals surface area contributed by atoms with Crippen LogP contribution in [-0.2, 0) is 9.59 Å². The van der Waals surface area contributed by atoms with Gasteiger partial charge in [0.2, 0.25) is 0 Å². The Labute approximate surface area is 78.7 Å². The van der Waals surface area contributed by atoms with Crippen LogP contribution in [0, 0.1) is 23.2 Å². The van der Waals surface area contributed by atoms with Crippen molar-refractivity contribution in [1.29, 1.82) is 5.26 Å². The van der Waals surface area contributed by atoms with Gasteiger partial charge in [-0.1, -0.05) is 13.8 Å². The molecule has 0 saturated heterocycles. The minimum absolute atomic E-state index is 0.0530. The topological polar surface area (TPSA) is 57.9 Å². The largest absolute Gasteiger partial charge is 0.299 e. The Bertz CT molecular complexity index is 238. The molecule has 0 fully saturated rings. The number of rotatable bonds is 5. The predicted octanol–water partition coefficient (Wildman–Crippen LogP) is 1.72. The van der Waals surface area contributed by atoms with Gasteiger partial charge >= 0.3 is 0 Å². The zero-order chi connectivity index (χ0) is 10.4. The highest BCUT2D eigenvalue weighted by atomic mass is 16.1. The van der Waals surface area contributed by atoms with Gasteiger partial charge in [0, 0.05) is 12.3 Å². The maximum absolute atomic E-state index is 11.5. The van der Waals surface area contributed by atoms with E-state index in [4.69, 9.17) is 5.26 Å². The smallest absolute Gasteiger partial charge is 0.145 e. The Hall–Kier alpha value is -1.17. The van der Waals surface area contributed by atoms with E-state index in [1.54, 1.807) is 13.8 Å². The van der Waals surface area contributed by atoms with Gasteiger partial charge in [0.15, 0.2) is 0 Å². The lowest BCUT2D eigenvalue weighted by molar-refractivity contribution is -0.133. The van der Waals surface area contributed by atoms with E-state index in [2.05, 4.69) is 0 Å². The maximum atomic E-state index is 11.5. The molecule has 0 heterocycles. The van der Waals surface area contributed by atoms with Gasteiger partial charge in [-0.05, 0) is 13.3 Å². The van der Waals surface area contributed by atoms with Crippen LogP contribution < -0.4 is 0 Å². The van der Waals surface area contributed by atoms with Gasteiger partial charge in [-0.3, -0.25) is 9.59 Å². The summed E-state index contributed by atoms with van der Waals surface area (Å²) in [5.74, 6) is -0.885. The van der Waals surface area contributed by atoms with Crippen LogP contribution in [0.1, 0.15) is 33.6 Å². The lowest BCUT2D eigenvalue weighted by atomic mass is 9.89. The fraction of sp³-hybridized carbons (Fsp3) is 0.700. The molecule has 0 N–H and O–H groups in total. The fourth-order valence-electron chi connectivity index (χ4n) is 1.16. The van der Waals surface area contributed by atoms with Crippen LogP contribution >= 0.6 is 0 Å². The van der Waals surface area contributed by atoms with E-state index < -0.39 is 5.92 Å². The monoisotopic (exact) mass is 181 g/mol. The third-order valence-corrected chi connectivity index (χ3v) is 1.95. The van der Waals surface area contributed by atoms with Crippen molar-refractivity contribution in [1.82, 2.24) is 0 Å². The van der Waals surface area contributed by atoms with E-state index in [1.807, 2.05) is 6.07 Å². The molecule has 0 aliphatic heterocycles. The van der Waals surface area contributed by atoms with Gasteiger partial charge in [0.05, 0.1) is 12.0 Å². The van der Waals surface area contributed by atoms with E-state index in [0.29, 0.717) is 6.42 Å². The minimum atomic E-state index is -0.570. The molecule has 13 heavy (non-hydrogen) atoms. The van der Waals surface area contributed by atoms with Gasteiger partial charge in [-0.2, -0.15) is 5.26 Å². The van der Waals surface area contributed by atoms with Crippen molar-refractivity contribution in [2.75, 3.05) is 0 Å². The standard InChI is InChI=1S/C10H15NO2/c1-7(2)10(13)9(8(3)12)5-4-6-11/h7,9H,4-5H2,1-3H3. The summed E-state index contributed by atoms with van der Waals surface area (Å²) >= 11 is 0. The summed E-state index contributed by atoms with van der Waals surface area (Å²) in [7, 11) is 0. The lowest BCUT2D eigenvalue weighted by Crippen LogP contribution is -2.25.